The topological polar surface area (TPSA) is 24.3 Å². The van der Waals surface area contributed by atoms with Crippen molar-refractivity contribution in [2.45, 2.75) is 25.4 Å². The molecule has 116 valence electrons. The number of piperazine rings is 1. The van der Waals surface area contributed by atoms with Gasteiger partial charge in [0.05, 0.1) is 12.0 Å². The normalized spacial score (nSPS) is 20.4. The van der Waals surface area contributed by atoms with E-state index in [1.54, 1.807) is 11.1 Å². The highest BCUT2D eigenvalue weighted by molar-refractivity contribution is 5.33. The molecule has 1 aliphatic heterocycles. The van der Waals surface area contributed by atoms with Gasteiger partial charge in [-0.3, -0.25) is 9.80 Å². The highest BCUT2D eigenvalue weighted by Crippen LogP contribution is 2.26. The van der Waals surface area contributed by atoms with E-state index in [-0.39, 0.29) is 0 Å². The lowest BCUT2D eigenvalue weighted by molar-refractivity contribution is 0.0936. The highest BCUT2D eigenvalue weighted by atomic mass is 15.3. The SMILES string of the molecule is Cn1cncc1CN1CCN(C2Cc3ccccc3C2)CC1. The van der Waals surface area contributed by atoms with E-state index in [0.717, 1.165) is 25.7 Å². The second-order valence-corrected chi connectivity index (χ2v) is 6.64. The molecular weight excluding hydrogens is 272 g/mol. The Kier molecular flexibility index (Phi) is 3.72. The first-order valence-electron chi connectivity index (χ1n) is 8.28. The summed E-state index contributed by atoms with van der Waals surface area (Å²) < 4.78 is 2.12. The summed E-state index contributed by atoms with van der Waals surface area (Å²) >= 11 is 0. The standard InChI is InChI=1S/C18H24N4/c1-20-14-19-12-18(20)13-21-6-8-22(9-7-21)17-10-15-4-2-3-5-16(15)11-17/h2-5,12,14,17H,6-11,13H2,1H3. The highest BCUT2D eigenvalue weighted by Gasteiger charge is 2.29. The molecule has 0 spiro atoms. The van der Waals surface area contributed by atoms with Crippen LogP contribution in [0.15, 0.2) is 36.8 Å². The number of aryl methyl sites for hydroxylation is 1. The maximum atomic E-state index is 4.21. The van der Waals surface area contributed by atoms with Gasteiger partial charge in [0.2, 0.25) is 0 Å². The number of hydrogen-bond donors (Lipinski definition) is 0. The van der Waals surface area contributed by atoms with Gasteiger partial charge < -0.3 is 4.57 Å². The molecule has 0 N–H and O–H groups in total. The molecule has 0 unspecified atom stereocenters. The fourth-order valence-corrected chi connectivity index (χ4v) is 3.85. The van der Waals surface area contributed by atoms with Crippen LogP contribution in [0.3, 0.4) is 0 Å². The molecular formula is C18H24N4. The number of rotatable bonds is 3. The molecule has 4 nitrogen and oxygen atoms in total. The number of benzene rings is 1. The van der Waals surface area contributed by atoms with Gasteiger partial charge in [0.1, 0.15) is 0 Å². The van der Waals surface area contributed by atoms with Crippen LogP contribution in [0.2, 0.25) is 0 Å². The number of fused-ring (bicyclic) bond motifs is 1. The van der Waals surface area contributed by atoms with Crippen molar-refractivity contribution in [3.05, 3.63) is 53.6 Å². The molecule has 0 amide bonds. The molecule has 1 saturated heterocycles. The van der Waals surface area contributed by atoms with Crippen LogP contribution in [0, 0.1) is 0 Å². The largest absolute Gasteiger partial charge is 0.337 e. The molecule has 0 bridgehead atoms. The number of nitrogens with zero attached hydrogens (tertiary/aromatic N) is 4. The summed E-state index contributed by atoms with van der Waals surface area (Å²) in [5.74, 6) is 0. The van der Waals surface area contributed by atoms with Gasteiger partial charge in [-0.25, -0.2) is 4.98 Å². The zero-order valence-electron chi connectivity index (χ0n) is 13.3. The summed E-state index contributed by atoms with van der Waals surface area (Å²) in [6.07, 6.45) is 6.34. The molecule has 0 atom stereocenters. The summed E-state index contributed by atoms with van der Waals surface area (Å²) in [7, 11) is 2.08. The summed E-state index contributed by atoms with van der Waals surface area (Å²) in [4.78, 5) is 9.46. The van der Waals surface area contributed by atoms with Crippen LogP contribution in [0.25, 0.3) is 0 Å². The Morgan fingerprint density at radius 1 is 1.05 bits per heavy atom. The van der Waals surface area contributed by atoms with Crippen molar-refractivity contribution in [1.29, 1.82) is 0 Å². The van der Waals surface area contributed by atoms with Gasteiger partial charge in [-0.1, -0.05) is 24.3 Å². The lowest BCUT2D eigenvalue weighted by atomic mass is 10.1. The molecule has 4 heteroatoms. The van der Waals surface area contributed by atoms with Crippen LogP contribution in [0.1, 0.15) is 16.8 Å². The molecule has 0 saturated carbocycles. The summed E-state index contributed by atoms with van der Waals surface area (Å²) in [6.45, 7) is 5.73. The third-order valence-electron chi connectivity index (χ3n) is 5.25. The van der Waals surface area contributed by atoms with Crippen molar-refractivity contribution in [3.63, 3.8) is 0 Å². The Morgan fingerprint density at radius 2 is 1.73 bits per heavy atom. The predicted octanol–water partition coefficient (Wildman–Crippen LogP) is 1.71. The first kappa shape index (κ1) is 14.0. The summed E-state index contributed by atoms with van der Waals surface area (Å²) in [6, 6.07) is 9.67. The fraction of sp³-hybridized carbons (Fsp3) is 0.500. The van der Waals surface area contributed by atoms with Crippen molar-refractivity contribution in [2.75, 3.05) is 26.2 Å². The second-order valence-electron chi connectivity index (χ2n) is 6.64. The summed E-state index contributed by atoms with van der Waals surface area (Å²) in [5.41, 5.74) is 4.43. The monoisotopic (exact) mass is 296 g/mol. The molecule has 2 aliphatic rings. The van der Waals surface area contributed by atoms with Crippen LogP contribution >= 0.6 is 0 Å². The lowest BCUT2D eigenvalue weighted by Crippen LogP contribution is -2.50. The van der Waals surface area contributed by atoms with E-state index in [1.165, 1.54) is 31.6 Å². The van der Waals surface area contributed by atoms with E-state index in [4.69, 9.17) is 0 Å². The average Bonchev–Trinajstić information content (AvgIpc) is 3.15. The van der Waals surface area contributed by atoms with E-state index in [0.29, 0.717) is 0 Å². The maximum Gasteiger partial charge on any atom is 0.0945 e. The molecule has 1 aromatic carbocycles. The molecule has 22 heavy (non-hydrogen) atoms. The van der Waals surface area contributed by atoms with Crippen LogP contribution in [-0.4, -0.2) is 51.6 Å². The Morgan fingerprint density at radius 3 is 2.32 bits per heavy atom. The minimum Gasteiger partial charge on any atom is -0.337 e. The molecule has 2 heterocycles. The van der Waals surface area contributed by atoms with Gasteiger partial charge in [0, 0.05) is 52.0 Å². The van der Waals surface area contributed by atoms with E-state index in [1.807, 2.05) is 12.5 Å². The molecule has 0 radical (unpaired) electrons. The van der Waals surface area contributed by atoms with Gasteiger partial charge in [0.15, 0.2) is 0 Å². The third kappa shape index (κ3) is 2.69. The number of imidazole rings is 1. The first-order valence-corrected chi connectivity index (χ1v) is 8.28. The average molecular weight is 296 g/mol. The molecule has 4 rings (SSSR count). The molecule has 1 aromatic heterocycles. The third-order valence-corrected chi connectivity index (χ3v) is 5.25. The van der Waals surface area contributed by atoms with Crippen molar-refractivity contribution < 1.29 is 0 Å². The van der Waals surface area contributed by atoms with Gasteiger partial charge in [-0.15, -0.1) is 0 Å². The lowest BCUT2D eigenvalue weighted by Gasteiger charge is -2.38. The Bertz CT molecular complexity index is 615. The first-order chi connectivity index (χ1) is 10.8. The van der Waals surface area contributed by atoms with Gasteiger partial charge in [-0.2, -0.15) is 0 Å². The summed E-state index contributed by atoms with van der Waals surface area (Å²) in [5, 5.41) is 0. The second kappa shape index (κ2) is 5.86. The van der Waals surface area contributed by atoms with Crippen molar-refractivity contribution >= 4 is 0 Å². The van der Waals surface area contributed by atoms with Crippen LogP contribution < -0.4 is 0 Å². The zero-order chi connectivity index (χ0) is 14.9. The molecule has 1 aliphatic carbocycles. The number of hydrogen-bond acceptors (Lipinski definition) is 3. The Balaban J connectivity index is 1.32. The van der Waals surface area contributed by atoms with Gasteiger partial charge in [0.25, 0.3) is 0 Å². The van der Waals surface area contributed by atoms with Crippen LogP contribution in [0.4, 0.5) is 0 Å². The Labute approximate surface area is 132 Å². The van der Waals surface area contributed by atoms with E-state index in [9.17, 15) is 0 Å². The number of aromatic nitrogens is 2. The van der Waals surface area contributed by atoms with Gasteiger partial charge in [-0.05, 0) is 24.0 Å². The quantitative estimate of drug-likeness (QED) is 0.862. The zero-order valence-corrected chi connectivity index (χ0v) is 13.3. The van der Waals surface area contributed by atoms with E-state index in [2.05, 4.69) is 50.7 Å². The van der Waals surface area contributed by atoms with E-state index < -0.39 is 0 Å². The maximum absolute atomic E-state index is 4.21. The van der Waals surface area contributed by atoms with Crippen LogP contribution in [0.5, 0.6) is 0 Å². The molecule has 1 fully saturated rings. The van der Waals surface area contributed by atoms with Crippen molar-refractivity contribution in [3.8, 4) is 0 Å². The Hall–Kier alpha value is -1.65. The van der Waals surface area contributed by atoms with Crippen molar-refractivity contribution in [2.24, 2.45) is 7.05 Å². The fourth-order valence-electron chi connectivity index (χ4n) is 3.85. The van der Waals surface area contributed by atoms with Crippen molar-refractivity contribution in [1.82, 2.24) is 19.4 Å². The smallest absolute Gasteiger partial charge is 0.0945 e. The van der Waals surface area contributed by atoms with Crippen LogP contribution in [-0.2, 0) is 26.4 Å². The minimum atomic E-state index is 0.719. The minimum absolute atomic E-state index is 0.719. The predicted molar refractivity (Wildman–Crippen MR) is 87.7 cm³/mol. The molecule has 2 aromatic rings. The van der Waals surface area contributed by atoms with Gasteiger partial charge >= 0.3 is 0 Å². The van der Waals surface area contributed by atoms with E-state index >= 15 is 0 Å².